The second-order valence-electron chi connectivity index (χ2n) is 9.14. The fourth-order valence-corrected chi connectivity index (χ4v) is 4.11. The van der Waals surface area contributed by atoms with Crippen LogP contribution in [0, 0.1) is 13.8 Å². The minimum Gasteiger partial charge on any atom is -0.493 e. The van der Waals surface area contributed by atoms with Crippen LogP contribution in [-0.2, 0) is 15.2 Å². The van der Waals surface area contributed by atoms with Gasteiger partial charge in [0.05, 0.1) is 29.5 Å². The van der Waals surface area contributed by atoms with Gasteiger partial charge in [0.15, 0.2) is 0 Å². The molecule has 4 rings (SSSR count). The van der Waals surface area contributed by atoms with Crippen LogP contribution in [0.4, 0.5) is 0 Å². The van der Waals surface area contributed by atoms with Crippen LogP contribution >= 0.6 is 0 Å². The van der Waals surface area contributed by atoms with Gasteiger partial charge in [-0.1, -0.05) is 24.3 Å². The van der Waals surface area contributed by atoms with Crippen molar-refractivity contribution in [3.8, 4) is 5.75 Å². The van der Waals surface area contributed by atoms with E-state index >= 15 is 0 Å². The molecule has 0 aliphatic carbocycles. The molecule has 0 spiro atoms. The van der Waals surface area contributed by atoms with Gasteiger partial charge >= 0.3 is 11.9 Å². The fraction of sp³-hybridized carbons (Fsp3) is 0.357. The maximum Gasteiger partial charge on any atom is 0.328 e. The van der Waals surface area contributed by atoms with E-state index in [-0.39, 0.29) is 0 Å². The molecular weight excluding hydrogens is 490 g/mol. The molecule has 1 aliphatic heterocycles. The highest BCUT2D eigenvalue weighted by molar-refractivity contribution is 5.89. The molecule has 1 saturated heterocycles. The second-order valence-corrected chi connectivity index (χ2v) is 9.14. The number of likely N-dealkylation sites (tertiary alicyclic amines) is 1. The van der Waals surface area contributed by atoms with Gasteiger partial charge in [0, 0.05) is 31.7 Å². The molecule has 1 aliphatic rings. The minimum absolute atomic E-state index is 0.447. The van der Waals surface area contributed by atoms with E-state index in [4.69, 9.17) is 14.9 Å². The number of aliphatic hydroxyl groups excluding tert-OH is 1. The Morgan fingerprint density at radius 3 is 2.29 bits per heavy atom. The number of nitrogens with zero attached hydrogens (tertiary/aromatic N) is 3. The molecule has 2 aromatic carbocycles. The van der Waals surface area contributed by atoms with E-state index in [2.05, 4.69) is 23.0 Å². The summed E-state index contributed by atoms with van der Waals surface area (Å²) in [4.78, 5) is 30.2. The number of aromatic nitrogens is 2. The number of carboxylic acids is 2. The van der Waals surface area contributed by atoms with E-state index < -0.39 is 23.8 Å². The molecule has 0 bridgehead atoms. The first-order chi connectivity index (χ1) is 18.1. The third-order valence-corrected chi connectivity index (χ3v) is 6.53. The van der Waals surface area contributed by atoms with Crippen LogP contribution in [0.25, 0.3) is 11.0 Å². The predicted molar refractivity (Wildman–Crippen MR) is 141 cm³/mol. The van der Waals surface area contributed by atoms with Gasteiger partial charge in [-0.15, -0.1) is 0 Å². The van der Waals surface area contributed by atoms with Crippen molar-refractivity contribution in [2.75, 3.05) is 19.7 Å². The summed E-state index contributed by atoms with van der Waals surface area (Å²) in [6.07, 6.45) is 3.73. The molecule has 38 heavy (non-hydrogen) atoms. The average Bonchev–Trinajstić information content (AvgIpc) is 2.90. The third-order valence-electron chi connectivity index (χ3n) is 6.53. The van der Waals surface area contributed by atoms with Gasteiger partial charge < -0.3 is 25.2 Å². The normalized spacial score (nSPS) is 16.0. The van der Waals surface area contributed by atoms with Gasteiger partial charge in [0.1, 0.15) is 17.6 Å². The summed E-state index contributed by atoms with van der Waals surface area (Å²) in [6, 6.07) is 13.7. The second kappa shape index (κ2) is 13.1. The van der Waals surface area contributed by atoms with E-state index in [1.54, 1.807) is 6.20 Å². The van der Waals surface area contributed by atoms with Crippen LogP contribution in [0.3, 0.4) is 0 Å². The summed E-state index contributed by atoms with van der Waals surface area (Å²) in [7, 11) is 0. The van der Waals surface area contributed by atoms with Crippen molar-refractivity contribution in [3.05, 3.63) is 77.6 Å². The average molecular weight is 524 g/mol. The van der Waals surface area contributed by atoms with Crippen LogP contribution in [0.1, 0.15) is 36.1 Å². The third kappa shape index (κ3) is 7.82. The highest BCUT2D eigenvalue weighted by Crippen LogP contribution is 2.33. The van der Waals surface area contributed by atoms with Gasteiger partial charge in [0.2, 0.25) is 0 Å². The number of aryl methyl sites for hydroxylation is 1. The molecule has 1 aromatic heterocycles. The van der Waals surface area contributed by atoms with E-state index in [9.17, 15) is 19.8 Å². The Balaban J connectivity index is 0.000000436. The molecule has 0 amide bonds. The van der Waals surface area contributed by atoms with Crippen molar-refractivity contribution in [1.82, 2.24) is 14.9 Å². The number of carboxylic acid groups (broad SMARTS) is 2. The smallest absolute Gasteiger partial charge is 0.328 e. The lowest BCUT2D eigenvalue weighted by atomic mass is 9.88. The van der Waals surface area contributed by atoms with Crippen molar-refractivity contribution in [2.24, 2.45) is 0 Å². The highest BCUT2D eigenvalue weighted by Gasteiger charge is 2.37. The Labute approximate surface area is 220 Å². The number of aliphatic hydroxyl groups is 2. The maximum atomic E-state index is 11.1. The quantitative estimate of drug-likeness (QED) is 0.324. The number of rotatable bonds is 8. The molecule has 3 aromatic rings. The topological polar surface area (TPSA) is 153 Å². The molecule has 0 saturated carbocycles. The lowest BCUT2D eigenvalue weighted by Gasteiger charge is -2.39. The van der Waals surface area contributed by atoms with Crippen molar-refractivity contribution < 1.29 is 34.8 Å². The lowest BCUT2D eigenvalue weighted by molar-refractivity contribution is -0.134. The first-order valence-corrected chi connectivity index (χ1v) is 12.3. The zero-order chi connectivity index (χ0) is 27.7. The number of piperidine rings is 1. The zero-order valence-corrected chi connectivity index (χ0v) is 21.4. The maximum absolute atomic E-state index is 11.1. The van der Waals surface area contributed by atoms with Gasteiger partial charge in [0.25, 0.3) is 0 Å². The van der Waals surface area contributed by atoms with E-state index in [0.717, 1.165) is 22.3 Å². The van der Waals surface area contributed by atoms with Crippen LogP contribution in [-0.4, -0.2) is 73.2 Å². The van der Waals surface area contributed by atoms with Crippen LogP contribution in [0.2, 0.25) is 0 Å². The van der Waals surface area contributed by atoms with Gasteiger partial charge in [-0.3, -0.25) is 9.88 Å². The fourth-order valence-electron chi connectivity index (χ4n) is 4.11. The number of carbonyl (C=O) groups is 2. The van der Waals surface area contributed by atoms with Crippen LogP contribution in [0.5, 0.6) is 5.75 Å². The number of hydrogen-bond donors (Lipinski definition) is 4. The largest absolute Gasteiger partial charge is 0.493 e. The molecule has 1 fully saturated rings. The number of fused-ring (bicyclic) bond motifs is 1. The first-order valence-electron chi connectivity index (χ1n) is 12.3. The Morgan fingerprint density at radius 1 is 1.03 bits per heavy atom. The number of benzene rings is 2. The van der Waals surface area contributed by atoms with E-state index in [0.29, 0.717) is 56.8 Å². The summed E-state index contributed by atoms with van der Waals surface area (Å²) >= 11 is 0. The molecule has 1 atom stereocenters. The SMILES string of the molecule is Cc1cccc(OCCC(O)N2CCC(O)(c3cnc4ccccc4n3)CC2)c1C.O=C(O)C=CC(=O)O. The van der Waals surface area contributed by atoms with E-state index in [1.807, 2.05) is 48.2 Å². The van der Waals surface area contributed by atoms with Gasteiger partial charge in [-0.2, -0.15) is 0 Å². The van der Waals surface area contributed by atoms with Crippen molar-refractivity contribution in [2.45, 2.75) is 44.9 Å². The molecule has 1 unspecified atom stereocenters. The summed E-state index contributed by atoms with van der Waals surface area (Å²) in [5.74, 6) is -1.65. The molecule has 0 radical (unpaired) electrons. The summed E-state index contributed by atoms with van der Waals surface area (Å²) < 4.78 is 5.88. The Bertz CT molecular complexity index is 1270. The zero-order valence-electron chi connectivity index (χ0n) is 21.4. The number of ether oxygens (including phenoxy) is 1. The number of para-hydroxylation sites is 2. The monoisotopic (exact) mass is 523 g/mol. The first kappa shape index (κ1) is 28.7. The summed E-state index contributed by atoms with van der Waals surface area (Å²) in [5.41, 5.74) is 3.53. The highest BCUT2D eigenvalue weighted by atomic mass is 16.5. The molecule has 2 heterocycles. The number of hydrogen-bond acceptors (Lipinski definition) is 8. The van der Waals surface area contributed by atoms with Crippen LogP contribution < -0.4 is 4.74 Å². The van der Waals surface area contributed by atoms with Crippen molar-refractivity contribution in [1.29, 1.82) is 0 Å². The van der Waals surface area contributed by atoms with Crippen molar-refractivity contribution >= 4 is 23.0 Å². The Morgan fingerprint density at radius 2 is 1.66 bits per heavy atom. The molecule has 10 nitrogen and oxygen atoms in total. The lowest BCUT2D eigenvalue weighted by Crippen LogP contribution is -2.47. The predicted octanol–water partition coefficient (Wildman–Crippen LogP) is 3.03. The standard InChI is InChI=1S/C24H29N3O3.C4H4O4/c1-17-6-5-9-21(18(17)2)30-15-10-23(28)27-13-11-24(29,12-14-27)22-16-25-19-7-3-4-8-20(19)26-22;5-3(6)1-2-4(7)8/h3-9,16,23,28-29H,10-15H2,1-2H3;1-2H,(H,5,6)(H,7,8). The Hall–Kier alpha value is -3.86. The van der Waals surface area contributed by atoms with Gasteiger partial charge in [-0.05, 0) is 56.0 Å². The summed E-state index contributed by atoms with van der Waals surface area (Å²) in [5, 5.41) is 37.4. The molecule has 4 N–H and O–H groups in total. The van der Waals surface area contributed by atoms with Crippen LogP contribution in [0.15, 0.2) is 60.8 Å². The number of aliphatic carboxylic acids is 2. The minimum atomic E-state index is -1.26. The van der Waals surface area contributed by atoms with Crippen molar-refractivity contribution in [3.63, 3.8) is 0 Å². The Kier molecular flexibility index (Phi) is 9.89. The molecule has 202 valence electrons. The molecule has 10 heteroatoms. The van der Waals surface area contributed by atoms with Gasteiger partial charge in [-0.25, -0.2) is 14.6 Å². The summed E-state index contributed by atoms with van der Waals surface area (Å²) in [6.45, 7) is 5.74. The van der Waals surface area contributed by atoms with E-state index in [1.165, 1.54) is 5.56 Å². The molecular formula is C28H33N3O7.